The van der Waals surface area contributed by atoms with E-state index in [0.29, 0.717) is 0 Å². The van der Waals surface area contributed by atoms with Crippen molar-refractivity contribution in [3.05, 3.63) is 42.7 Å². The van der Waals surface area contributed by atoms with Gasteiger partial charge in [0.1, 0.15) is 10.6 Å². The molecule has 1 aromatic heterocycles. The zero-order valence-electron chi connectivity index (χ0n) is 9.24. The first-order valence-electron chi connectivity index (χ1n) is 5.00. The van der Waals surface area contributed by atoms with Crippen molar-refractivity contribution < 1.29 is 13.5 Å². The quantitative estimate of drug-likeness (QED) is 0.570. The normalized spacial score (nSPS) is 11.1. The topological polar surface area (TPSA) is 105 Å². The number of nitrogens with one attached hydrogen (secondary N) is 1. The maximum atomic E-state index is 12.0. The number of aromatic hydroxyl groups is 1. The molecule has 0 unspecified atom stereocenters. The summed E-state index contributed by atoms with van der Waals surface area (Å²) in [6, 6.07) is 6.94. The first-order chi connectivity index (χ1) is 8.49. The van der Waals surface area contributed by atoms with E-state index in [-0.39, 0.29) is 22.0 Å². The highest BCUT2D eigenvalue weighted by Gasteiger charge is 2.15. The van der Waals surface area contributed by atoms with E-state index in [4.69, 9.17) is 5.73 Å². The van der Waals surface area contributed by atoms with Gasteiger partial charge in [-0.2, -0.15) is 0 Å². The first-order valence-corrected chi connectivity index (χ1v) is 6.49. The van der Waals surface area contributed by atoms with Crippen molar-refractivity contribution in [2.75, 3.05) is 10.5 Å². The number of rotatable bonds is 3. The van der Waals surface area contributed by atoms with Crippen molar-refractivity contribution >= 4 is 21.4 Å². The Morgan fingerprint density at radius 2 is 2.06 bits per heavy atom. The smallest absolute Gasteiger partial charge is 0.263 e. The lowest BCUT2D eigenvalue weighted by Crippen LogP contribution is -2.14. The summed E-state index contributed by atoms with van der Waals surface area (Å²) in [6.45, 7) is 0. The van der Waals surface area contributed by atoms with Crippen LogP contribution in [0.1, 0.15) is 0 Å². The molecule has 0 radical (unpaired) electrons. The van der Waals surface area contributed by atoms with E-state index in [0.717, 1.165) is 0 Å². The summed E-state index contributed by atoms with van der Waals surface area (Å²) in [6.07, 6.45) is 2.72. The molecule has 0 amide bonds. The molecule has 6 nitrogen and oxygen atoms in total. The second-order valence-corrected chi connectivity index (χ2v) is 5.25. The molecule has 1 heterocycles. The number of nitrogen functional groups attached to an aromatic ring is 1. The summed E-state index contributed by atoms with van der Waals surface area (Å²) in [7, 11) is -3.72. The van der Waals surface area contributed by atoms with Crippen LogP contribution in [0.4, 0.5) is 11.4 Å². The van der Waals surface area contributed by atoms with Gasteiger partial charge in [-0.25, -0.2) is 8.42 Å². The minimum Gasteiger partial charge on any atom is -0.508 e. The van der Waals surface area contributed by atoms with Gasteiger partial charge in [0, 0.05) is 18.5 Å². The lowest BCUT2D eigenvalue weighted by Gasteiger charge is -2.10. The fraction of sp³-hybridized carbons (Fsp3) is 0. The van der Waals surface area contributed by atoms with Crippen molar-refractivity contribution in [3.8, 4) is 5.75 Å². The third-order valence-electron chi connectivity index (χ3n) is 2.22. The number of anilines is 2. The van der Waals surface area contributed by atoms with Crippen molar-refractivity contribution in [1.82, 2.24) is 4.98 Å². The molecular formula is C11H11N3O3S. The molecule has 18 heavy (non-hydrogen) atoms. The Labute approximate surface area is 104 Å². The van der Waals surface area contributed by atoms with Crippen LogP contribution in [-0.4, -0.2) is 18.5 Å². The van der Waals surface area contributed by atoms with Crippen molar-refractivity contribution in [2.24, 2.45) is 0 Å². The molecular weight excluding hydrogens is 254 g/mol. The van der Waals surface area contributed by atoms with Gasteiger partial charge in [0.15, 0.2) is 0 Å². The number of aromatic nitrogens is 1. The molecule has 0 saturated carbocycles. The molecule has 0 aliphatic heterocycles. The van der Waals surface area contributed by atoms with Crippen molar-refractivity contribution in [1.29, 1.82) is 0 Å². The molecule has 0 aliphatic rings. The number of phenolic OH excluding ortho intramolecular Hbond substituents is 1. The fourth-order valence-electron chi connectivity index (χ4n) is 1.35. The molecule has 0 aliphatic carbocycles. The number of nitrogens with zero attached hydrogens (tertiary/aromatic N) is 1. The first kappa shape index (κ1) is 12.2. The Morgan fingerprint density at radius 3 is 2.67 bits per heavy atom. The number of pyridine rings is 1. The monoisotopic (exact) mass is 265 g/mol. The molecule has 94 valence electrons. The molecule has 7 heteroatoms. The molecule has 1 aromatic carbocycles. The SMILES string of the molecule is Nc1cc(O)ccc1NS(=O)(=O)c1cccnc1. The van der Waals surface area contributed by atoms with Crippen molar-refractivity contribution in [3.63, 3.8) is 0 Å². The lowest BCUT2D eigenvalue weighted by molar-refractivity contribution is 0.475. The number of benzene rings is 1. The second kappa shape index (κ2) is 4.53. The summed E-state index contributed by atoms with van der Waals surface area (Å²) in [5, 5.41) is 9.19. The van der Waals surface area contributed by atoms with E-state index in [1.165, 1.54) is 42.7 Å². The van der Waals surface area contributed by atoms with Crippen LogP contribution in [0.5, 0.6) is 5.75 Å². The molecule has 0 bridgehead atoms. The van der Waals surface area contributed by atoms with E-state index < -0.39 is 10.0 Å². The highest BCUT2D eigenvalue weighted by molar-refractivity contribution is 7.92. The van der Waals surface area contributed by atoms with Crippen LogP contribution < -0.4 is 10.5 Å². The van der Waals surface area contributed by atoms with E-state index in [9.17, 15) is 13.5 Å². The Balaban J connectivity index is 2.34. The maximum Gasteiger partial charge on any atom is 0.263 e. The minimum atomic E-state index is -3.72. The van der Waals surface area contributed by atoms with Gasteiger partial charge in [-0.1, -0.05) is 0 Å². The third-order valence-corrected chi connectivity index (χ3v) is 3.57. The van der Waals surface area contributed by atoms with E-state index in [2.05, 4.69) is 9.71 Å². The minimum absolute atomic E-state index is 0.0307. The third kappa shape index (κ3) is 2.51. The highest BCUT2D eigenvalue weighted by atomic mass is 32.2. The van der Waals surface area contributed by atoms with Gasteiger partial charge in [-0.15, -0.1) is 0 Å². The molecule has 0 saturated heterocycles. The van der Waals surface area contributed by atoms with Gasteiger partial charge < -0.3 is 10.8 Å². The van der Waals surface area contributed by atoms with Gasteiger partial charge >= 0.3 is 0 Å². The molecule has 0 spiro atoms. The van der Waals surface area contributed by atoms with Gasteiger partial charge in [0.2, 0.25) is 0 Å². The average Bonchev–Trinajstić information content (AvgIpc) is 2.34. The molecule has 2 aromatic rings. The van der Waals surface area contributed by atoms with E-state index in [1.807, 2.05) is 0 Å². The predicted octanol–water partition coefficient (Wildman–Crippen LogP) is 1.17. The van der Waals surface area contributed by atoms with Gasteiger partial charge in [-0.3, -0.25) is 9.71 Å². The number of sulfonamides is 1. The van der Waals surface area contributed by atoms with Gasteiger partial charge in [0.25, 0.3) is 10.0 Å². The summed E-state index contributed by atoms with van der Waals surface area (Å²) in [4.78, 5) is 3.78. The summed E-state index contributed by atoms with van der Waals surface area (Å²) in [5.41, 5.74) is 5.95. The Bertz CT molecular complexity index is 656. The fourth-order valence-corrected chi connectivity index (χ4v) is 2.40. The van der Waals surface area contributed by atoms with Crippen LogP contribution in [0, 0.1) is 0 Å². The van der Waals surface area contributed by atoms with Crippen LogP contribution >= 0.6 is 0 Å². The predicted molar refractivity (Wildman–Crippen MR) is 67.6 cm³/mol. The lowest BCUT2D eigenvalue weighted by atomic mass is 10.2. The van der Waals surface area contributed by atoms with Crippen LogP contribution in [-0.2, 0) is 10.0 Å². The van der Waals surface area contributed by atoms with Crippen molar-refractivity contribution in [2.45, 2.75) is 4.90 Å². The van der Waals surface area contributed by atoms with Crippen LogP contribution in [0.15, 0.2) is 47.6 Å². The Morgan fingerprint density at radius 1 is 1.28 bits per heavy atom. The number of hydrogen-bond acceptors (Lipinski definition) is 5. The van der Waals surface area contributed by atoms with Gasteiger partial charge in [0.05, 0.1) is 11.4 Å². The maximum absolute atomic E-state index is 12.0. The zero-order chi connectivity index (χ0) is 13.2. The standard InChI is InChI=1S/C11H11N3O3S/c12-10-6-8(15)3-4-11(10)14-18(16,17)9-2-1-5-13-7-9/h1-7,14-15H,12H2. The molecule has 0 fully saturated rings. The highest BCUT2D eigenvalue weighted by Crippen LogP contribution is 2.25. The van der Waals surface area contributed by atoms with Crippen LogP contribution in [0.2, 0.25) is 0 Å². The summed E-state index contributed by atoms with van der Waals surface area (Å²) in [5.74, 6) is -0.0307. The van der Waals surface area contributed by atoms with Gasteiger partial charge in [-0.05, 0) is 24.3 Å². The summed E-state index contributed by atoms with van der Waals surface area (Å²) >= 11 is 0. The summed E-state index contributed by atoms with van der Waals surface area (Å²) < 4.78 is 26.3. The number of nitrogens with two attached hydrogens (primary N) is 1. The average molecular weight is 265 g/mol. The largest absolute Gasteiger partial charge is 0.508 e. The van der Waals surface area contributed by atoms with E-state index in [1.54, 1.807) is 0 Å². The van der Waals surface area contributed by atoms with Crippen LogP contribution in [0.25, 0.3) is 0 Å². The number of phenols is 1. The van der Waals surface area contributed by atoms with E-state index >= 15 is 0 Å². The molecule has 4 N–H and O–H groups in total. The Kier molecular flexibility index (Phi) is 3.07. The molecule has 0 atom stereocenters. The molecule has 2 rings (SSSR count). The zero-order valence-corrected chi connectivity index (χ0v) is 10.1. The van der Waals surface area contributed by atoms with Crippen LogP contribution in [0.3, 0.4) is 0 Å². The Hall–Kier alpha value is -2.28. The number of hydrogen-bond donors (Lipinski definition) is 3. The second-order valence-electron chi connectivity index (χ2n) is 3.57.